The Labute approximate surface area is 135 Å². The number of nitrogens with one attached hydrogen (secondary N) is 1. The molecule has 0 unspecified atom stereocenters. The van der Waals surface area contributed by atoms with Gasteiger partial charge >= 0.3 is 0 Å². The van der Waals surface area contributed by atoms with Gasteiger partial charge in [-0.05, 0) is 36.5 Å². The van der Waals surface area contributed by atoms with Gasteiger partial charge in [-0.25, -0.2) is 0 Å². The van der Waals surface area contributed by atoms with Gasteiger partial charge in [0.15, 0.2) is 0 Å². The minimum Gasteiger partial charge on any atom is -0.481 e. The molecule has 6 heteroatoms. The lowest BCUT2D eigenvalue weighted by molar-refractivity contribution is -0.134. The molecule has 0 aliphatic heterocycles. The molecule has 1 fully saturated rings. The number of carbonyl (C=O) groups excluding carboxylic acids is 1. The lowest BCUT2D eigenvalue weighted by Gasteiger charge is -2.09. The Kier molecular flexibility index (Phi) is 7.91. The van der Waals surface area contributed by atoms with E-state index in [1.54, 1.807) is 7.11 Å². The molecule has 1 amide bonds. The molecule has 0 radical (unpaired) electrons. The second-order valence-electron chi connectivity index (χ2n) is 5.18. The van der Waals surface area contributed by atoms with Crippen molar-refractivity contribution >= 4 is 23.5 Å². The number of hydrogen-bond acceptors (Lipinski definition) is 3. The Morgan fingerprint density at radius 2 is 2.05 bits per heavy atom. The van der Waals surface area contributed by atoms with E-state index in [0.717, 1.165) is 31.7 Å². The molecule has 122 valence electrons. The third kappa shape index (κ3) is 7.43. The summed E-state index contributed by atoms with van der Waals surface area (Å²) in [5.74, 6) is -0.450. The van der Waals surface area contributed by atoms with Crippen LogP contribution in [0.4, 0.5) is 0 Å². The van der Waals surface area contributed by atoms with E-state index in [1.807, 2.05) is 18.2 Å². The molecule has 0 bridgehead atoms. The summed E-state index contributed by atoms with van der Waals surface area (Å²) in [6, 6.07) is 5.91. The number of carboxylic acids is 1. The summed E-state index contributed by atoms with van der Waals surface area (Å²) < 4.78 is 5.05. The Morgan fingerprint density at radius 1 is 1.41 bits per heavy atom. The first kappa shape index (κ1) is 18.5. The van der Waals surface area contributed by atoms with Gasteiger partial charge < -0.3 is 15.2 Å². The van der Waals surface area contributed by atoms with Crippen molar-refractivity contribution in [2.24, 2.45) is 5.92 Å². The van der Waals surface area contributed by atoms with E-state index in [2.05, 4.69) is 5.32 Å². The summed E-state index contributed by atoms with van der Waals surface area (Å²) in [6.45, 7) is 2.28. The standard InChI is InChI=1S/C14H18ClNO2.C2H4O2/c1-18-7-6-10-2-5-13(15)12(8-10)9-16-14(17)11-3-4-11;1-2(3)4/h2,5,8,11H,3-4,6-7,9H2,1H3,(H,16,17);1H3,(H,3,4). The molecular formula is C16H22ClNO4. The van der Waals surface area contributed by atoms with E-state index >= 15 is 0 Å². The fourth-order valence-electron chi connectivity index (χ4n) is 1.81. The first-order valence-electron chi connectivity index (χ1n) is 7.17. The van der Waals surface area contributed by atoms with Crippen molar-refractivity contribution in [3.8, 4) is 0 Å². The van der Waals surface area contributed by atoms with Crippen molar-refractivity contribution in [2.45, 2.75) is 32.7 Å². The second-order valence-corrected chi connectivity index (χ2v) is 5.59. The number of methoxy groups -OCH3 is 1. The fraction of sp³-hybridized carbons (Fsp3) is 0.500. The van der Waals surface area contributed by atoms with Crippen molar-refractivity contribution in [2.75, 3.05) is 13.7 Å². The minimum absolute atomic E-state index is 0.147. The van der Waals surface area contributed by atoms with Gasteiger partial charge in [0, 0.05) is 31.5 Å². The van der Waals surface area contributed by atoms with Crippen LogP contribution in [0.5, 0.6) is 0 Å². The first-order chi connectivity index (χ1) is 10.4. The molecule has 1 aromatic rings. The minimum atomic E-state index is -0.833. The molecule has 0 aromatic heterocycles. The number of rotatable bonds is 6. The molecule has 5 nitrogen and oxygen atoms in total. The fourth-order valence-corrected chi connectivity index (χ4v) is 2.00. The van der Waals surface area contributed by atoms with Gasteiger partial charge in [0.25, 0.3) is 5.97 Å². The van der Waals surface area contributed by atoms with E-state index in [0.29, 0.717) is 18.2 Å². The zero-order chi connectivity index (χ0) is 16.5. The van der Waals surface area contributed by atoms with E-state index in [-0.39, 0.29) is 11.8 Å². The second kappa shape index (κ2) is 9.43. The summed E-state index contributed by atoms with van der Waals surface area (Å²) in [6.07, 6.45) is 2.90. The van der Waals surface area contributed by atoms with Gasteiger partial charge in [-0.3, -0.25) is 9.59 Å². The average Bonchev–Trinajstić information content (AvgIpc) is 3.28. The molecule has 0 heterocycles. The molecule has 1 aromatic carbocycles. The molecule has 22 heavy (non-hydrogen) atoms. The van der Waals surface area contributed by atoms with Gasteiger partial charge in [-0.15, -0.1) is 0 Å². The zero-order valence-corrected chi connectivity index (χ0v) is 13.7. The Bertz CT molecular complexity index is 511. The molecular weight excluding hydrogens is 306 g/mol. The van der Waals surface area contributed by atoms with Crippen molar-refractivity contribution < 1.29 is 19.4 Å². The molecule has 0 atom stereocenters. The molecule has 2 N–H and O–H groups in total. The van der Waals surface area contributed by atoms with E-state index in [1.165, 1.54) is 5.56 Å². The van der Waals surface area contributed by atoms with Crippen LogP contribution >= 0.6 is 11.6 Å². The number of halogens is 1. The number of carboxylic acid groups (broad SMARTS) is 1. The Morgan fingerprint density at radius 3 is 2.59 bits per heavy atom. The van der Waals surface area contributed by atoms with Gasteiger partial charge in [0.05, 0.1) is 6.61 Å². The van der Waals surface area contributed by atoms with Crippen molar-refractivity contribution in [1.82, 2.24) is 5.32 Å². The summed E-state index contributed by atoms with van der Waals surface area (Å²) in [5.41, 5.74) is 2.15. The van der Waals surface area contributed by atoms with Crippen LogP contribution in [0.15, 0.2) is 18.2 Å². The van der Waals surface area contributed by atoms with Crippen LogP contribution in [0.2, 0.25) is 5.02 Å². The predicted octanol–water partition coefficient (Wildman–Crippen LogP) is 2.65. The van der Waals surface area contributed by atoms with Gasteiger partial charge in [-0.2, -0.15) is 0 Å². The third-order valence-electron chi connectivity index (χ3n) is 3.11. The SMILES string of the molecule is CC(=O)O.COCCc1ccc(Cl)c(CNC(=O)C2CC2)c1. The Balaban J connectivity index is 0.000000541. The van der Waals surface area contributed by atoms with E-state index < -0.39 is 5.97 Å². The number of amides is 1. The van der Waals surface area contributed by atoms with E-state index in [9.17, 15) is 4.79 Å². The molecule has 1 aliphatic rings. The lowest BCUT2D eigenvalue weighted by atomic mass is 10.1. The topological polar surface area (TPSA) is 75.6 Å². The van der Waals surface area contributed by atoms with Crippen LogP contribution in [0.1, 0.15) is 30.9 Å². The highest BCUT2D eigenvalue weighted by Gasteiger charge is 2.29. The highest BCUT2D eigenvalue weighted by atomic mass is 35.5. The predicted molar refractivity (Wildman–Crippen MR) is 84.9 cm³/mol. The maximum atomic E-state index is 11.6. The highest BCUT2D eigenvalue weighted by molar-refractivity contribution is 6.31. The quantitative estimate of drug-likeness (QED) is 0.842. The van der Waals surface area contributed by atoms with Crippen molar-refractivity contribution in [3.63, 3.8) is 0 Å². The number of benzene rings is 1. The van der Waals surface area contributed by atoms with Crippen molar-refractivity contribution in [1.29, 1.82) is 0 Å². The number of aliphatic carboxylic acids is 1. The van der Waals surface area contributed by atoms with Crippen LogP contribution in [0, 0.1) is 5.92 Å². The van der Waals surface area contributed by atoms with Crippen molar-refractivity contribution in [3.05, 3.63) is 34.3 Å². The summed E-state index contributed by atoms with van der Waals surface area (Å²) >= 11 is 6.13. The molecule has 2 rings (SSSR count). The van der Waals surface area contributed by atoms with Crippen LogP contribution in [-0.4, -0.2) is 30.7 Å². The van der Waals surface area contributed by atoms with Crippen LogP contribution < -0.4 is 5.32 Å². The first-order valence-corrected chi connectivity index (χ1v) is 7.55. The molecule has 1 saturated carbocycles. The van der Waals surface area contributed by atoms with E-state index in [4.69, 9.17) is 26.2 Å². The van der Waals surface area contributed by atoms with Gasteiger partial charge in [0.1, 0.15) is 0 Å². The zero-order valence-electron chi connectivity index (χ0n) is 12.9. The monoisotopic (exact) mass is 327 g/mol. The summed E-state index contributed by atoms with van der Waals surface area (Å²) in [4.78, 5) is 20.6. The normalized spacial score (nSPS) is 13.0. The summed E-state index contributed by atoms with van der Waals surface area (Å²) in [7, 11) is 1.69. The average molecular weight is 328 g/mol. The van der Waals surface area contributed by atoms with Gasteiger partial charge in [-0.1, -0.05) is 23.7 Å². The van der Waals surface area contributed by atoms with Crippen LogP contribution in [0.25, 0.3) is 0 Å². The third-order valence-corrected chi connectivity index (χ3v) is 3.47. The molecule has 0 spiro atoms. The van der Waals surface area contributed by atoms with Crippen LogP contribution in [-0.2, 0) is 27.3 Å². The maximum Gasteiger partial charge on any atom is 0.300 e. The smallest absolute Gasteiger partial charge is 0.300 e. The Hall–Kier alpha value is -1.59. The molecule has 1 aliphatic carbocycles. The number of hydrogen-bond donors (Lipinski definition) is 2. The van der Waals surface area contributed by atoms with Gasteiger partial charge in [0.2, 0.25) is 5.91 Å². The largest absolute Gasteiger partial charge is 0.481 e. The maximum absolute atomic E-state index is 11.6. The highest BCUT2D eigenvalue weighted by Crippen LogP contribution is 2.29. The molecule has 0 saturated heterocycles. The number of ether oxygens (including phenoxy) is 1. The summed E-state index contributed by atoms with van der Waals surface area (Å²) in [5, 5.41) is 11.0. The van der Waals surface area contributed by atoms with Crippen LogP contribution in [0.3, 0.4) is 0 Å². The number of carbonyl (C=O) groups is 2. The lowest BCUT2D eigenvalue weighted by Crippen LogP contribution is -2.24.